The van der Waals surface area contributed by atoms with Crippen molar-refractivity contribution >= 4 is 39.3 Å². The van der Waals surface area contributed by atoms with E-state index >= 15 is 0 Å². The summed E-state index contributed by atoms with van der Waals surface area (Å²) < 4.78 is 14.5. The highest BCUT2D eigenvalue weighted by Gasteiger charge is 2.40. The fourth-order valence-corrected chi connectivity index (χ4v) is 4.19. The van der Waals surface area contributed by atoms with Crippen LogP contribution in [0.3, 0.4) is 0 Å². The highest BCUT2D eigenvalue weighted by atomic mass is 79.9. The van der Waals surface area contributed by atoms with E-state index in [1.807, 2.05) is 0 Å². The highest BCUT2D eigenvalue weighted by Crippen LogP contribution is 2.31. The van der Waals surface area contributed by atoms with Gasteiger partial charge in [-0.2, -0.15) is 0 Å². The molecule has 28 heavy (non-hydrogen) atoms. The van der Waals surface area contributed by atoms with Crippen molar-refractivity contribution in [2.24, 2.45) is 0 Å². The SMILES string of the molecule is O=C(Nc1ccc(Br)cc1F)c1ccc2c(c1)C(=O)N(C1CCCCC1)C2=O. The van der Waals surface area contributed by atoms with Crippen LogP contribution >= 0.6 is 15.9 Å². The predicted octanol–water partition coefficient (Wildman–Crippen LogP) is 4.77. The van der Waals surface area contributed by atoms with Gasteiger partial charge in [-0.05, 0) is 49.2 Å². The molecular formula is C21H18BrFN2O3. The molecule has 2 aromatic carbocycles. The lowest BCUT2D eigenvalue weighted by molar-refractivity contribution is 0.0549. The molecular weight excluding hydrogens is 427 g/mol. The van der Waals surface area contributed by atoms with Crippen LogP contribution in [-0.4, -0.2) is 28.7 Å². The van der Waals surface area contributed by atoms with Gasteiger partial charge < -0.3 is 5.32 Å². The first-order chi connectivity index (χ1) is 13.5. The van der Waals surface area contributed by atoms with Crippen LogP contribution in [0.15, 0.2) is 40.9 Å². The van der Waals surface area contributed by atoms with Gasteiger partial charge in [0.2, 0.25) is 0 Å². The highest BCUT2D eigenvalue weighted by molar-refractivity contribution is 9.10. The number of carbonyl (C=O) groups is 3. The molecule has 0 atom stereocenters. The molecule has 5 nitrogen and oxygen atoms in total. The number of fused-ring (bicyclic) bond motifs is 1. The number of hydrogen-bond donors (Lipinski definition) is 1. The van der Waals surface area contributed by atoms with Gasteiger partial charge in [-0.1, -0.05) is 35.2 Å². The maximum atomic E-state index is 14.0. The van der Waals surface area contributed by atoms with Crippen molar-refractivity contribution in [3.8, 4) is 0 Å². The van der Waals surface area contributed by atoms with Gasteiger partial charge in [0.25, 0.3) is 17.7 Å². The normalized spacial score (nSPS) is 17.0. The van der Waals surface area contributed by atoms with Crippen LogP contribution in [0.2, 0.25) is 0 Å². The fraction of sp³-hybridized carbons (Fsp3) is 0.286. The standard InChI is InChI=1S/C21H18BrFN2O3/c22-13-7-9-18(17(23)11-13)24-19(26)12-6-8-15-16(10-12)21(28)25(20(15)27)14-4-2-1-3-5-14/h6-11,14H,1-5H2,(H,24,26). The number of benzene rings is 2. The zero-order valence-corrected chi connectivity index (χ0v) is 16.6. The van der Waals surface area contributed by atoms with Crippen LogP contribution in [0.25, 0.3) is 0 Å². The summed E-state index contributed by atoms with van der Waals surface area (Å²) in [6.07, 6.45) is 4.77. The lowest BCUT2D eigenvalue weighted by Gasteiger charge is -2.29. The number of anilines is 1. The summed E-state index contributed by atoms with van der Waals surface area (Å²) in [5, 5.41) is 2.50. The van der Waals surface area contributed by atoms with E-state index in [-0.39, 0.29) is 34.7 Å². The number of imide groups is 1. The number of nitrogens with zero attached hydrogens (tertiary/aromatic N) is 1. The topological polar surface area (TPSA) is 66.5 Å². The molecule has 0 bridgehead atoms. The maximum absolute atomic E-state index is 14.0. The second-order valence-corrected chi connectivity index (χ2v) is 8.03. The van der Waals surface area contributed by atoms with E-state index < -0.39 is 11.7 Å². The molecule has 1 fully saturated rings. The third-order valence-corrected chi connectivity index (χ3v) is 5.79. The predicted molar refractivity (Wildman–Crippen MR) is 106 cm³/mol. The van der Waals surface area contributed by atoms with Crippen LogP contribution in [0.5, 0.6) is 0 Å². The number of halogens is 2. The first kappa shape index (κ1) is 18.8. The largest absolute Gasteiger partial charge is 0.319 e. The first-order valence-corrected chi connectivity index (χ1v) is 10.0. The molecule has 1 heterocycles. The summed E-state index contributed by atoms with van der Waals surface area (Å²) in [7, 11) is 0. The number of nitrogens with one attached hydrogen (secondary N) is 1. The van der Waals surface area contributed by atoms with E-state index in [2.05, 4.69) is 21.2 Å². The third kappa shape index (κ3) is 3.35. The van der Waals surface area contributed by atoms with Crippen molar-refractivity contribution in [1.82, 2.24) is 4.90 Å². The molecule has 3 amide bonds. The molecule has 0 saturated heterocycles. The molecule has 1 N–H and O–H groups in total. The van der Waals surface area contributed by atoms with Crippen molar-refractivity contribution in [2.75, 3.05) is 5.32 Å². The smallest absolute Gasteiger partial charge is 0.261 e. The molecule has 0 aromatic heterocycles. The van der Waals surface area contributed by atoms with Crippen molar-refractivity contribution < 1.29 is 18.8 Å². The van der Waals surface area contributed by atoms with E-state index in [0.717, 1.165) is 32.1 Å². The van der Waals surface area contributed by atoms with E-state index in [1.165, 1.54) is 35.2 Å². The summed E-state index contributed by atoms with van der Waals surface area (Å²) in [6.45, 7) is 0. The Labute approximate surface area is 170 Å². The van der Waals surface area contributed by atoms with Gasteiger partial charge in [-0.15, -0.1) is 0 Å². The summed E-state index contributed by atoms with van der Waals surface area (Å²) in [4.78, 5) is 39.4. The van der Waals surface area contributed by atoms with Gasteiger partial charge in [0, 0.05) is 16.1 Å². The quantitative estimate of drug-likeness (QED) is 0.693. The maximum Gasteiger partial charge on any atom is 0.261 e. The Kier molecular flexibility index (Phi) is 5.02. The number of amides is 3. The Morgan fingerprint density at radius 1 is 1.00 bits per heavy atom. The molecule has 0 radical (unpaired) electrons. The third-order valence-electron chi connectivity index (χ3n) is 5.30. The zero-order valence-electron chi connectivity index (χ0n) is 15.0. The van der Waals surface area contributed by atoms with E-state index in [1.54, 1.807) is 6.07 Å². The van der Waals surface area contributed by atoms with E-state index in [0.29, 0.717) is 10.0 Å². The molecule has 1 aliphatic carbocycles. The monoisotopic (exact) mass is 444 g/mol. The van der Waals surface area contributed by atoms with Crippen molar-refractivity contribution in [3.63, 3.8) is 0 Å². The minimum absolute atomic E-state index is 0.0416. The van der Waals surface area contributed by atoms with E-state index in [9.17, 15) is 18.8 Å². The molecule has 0 spiro atoms. The fourth-order valence-electron chi connectivity index (χ4n) is 3.86. The Hall–Kier alpha value is -2.54. The second-order valence-electron chi connectivity index (χ2n) is 7.11. The van der Waals surface area contributed by atoms with Crippen LogP contribution < -0.4 is 5.32 Å². The summed E-state index contributed by atoms with van der Waals surface area (Å²) in [6, 6.07) is 8.66. The number of rotatable bonds is 3. The van der Waals surface area contributed by atoms with Crippen molar-refractivity contribution in [3.05, 3.63) is 63.4 Å². The average molecular weight is 445 g/mol. The summed E-state index contributed by atoms with van der Waals surface area (Å²) in [5.41, 5.74) is 0.800. The molecule has 4 rings (SSSR count). The van der Waals surface area contributed by atoms with E-state index in [4.69, 9.17) is 0 Å². The first-order valence-electron chi connectivity index (χ1n) is 9.24. The number of hydrogen-bond acceptors (Lipinski definition) is 3. The molecule has 7 heteroatoms. The van der Waals surface area contributed by atoms with Gasteiger partial charge in [0.15, 0.2) is 0 Å². The summed E-state index contributed by atoms with van der Waals surface area (Å²) >= 11 is 3.16. The lowest BCUT2D eigenvalue weighted by atomic mass is 9.94. The summed E-state index contributed by atoms with van der Waals surface area (Å²) in [5.74, 6) is -1.76. The van der Waals surface area contributed by atoms with Gasteiger partial charge >= 0.3 is 0 Å². The van der Waals surface area contributed by atoms with Gasteiger partial charge in [0.1, 0.15) is 5.82 Å². The molecule has 1 aliphatic heterocycles. The van der Waals surface area contributed by atoms with Crippen LogP contribution in [0, 0.1) is 5.82 Å². The average Bonchev–Trinajstić information content (AvgIpc) is 2.94. The Bertz CT molecular complexity index is 986. The second kappa shape index (κ2) is 7.47. The Balaban J connectivity index is 1.58. The zero-order chi connectivity index (χ0) is 19.8. The minimum atomic E-state index is -0.571. The lowest BCUT2D eigenvalue weighted by Crippen LogP contribution is -2.40. The molecule has 2 aromatic rings. The van der Waals surface area contributed by atoms with Gasteiger partial charge in [-0.25, -0.2) is 4.39 Å². The Morgan fingerprint density at radius 3 is 2.43 bits per heavy atom. The minimum Gasteiger partial charge on any atom is -0.319 e. The molecule has 1 saturated carbocycles. The van der Waals surface area contributed by atoms with Crippen LogP contribution in [-0.2, 0) is 0 Å². The van der Waals surface area contributed by atoms with Gasteiger partial charge in [0.05, 0.1) is 16.8 Å². The van der Waals surface area contributed by atoms with Gasteiger partial charge in [-0.3, -0.25) is 19.3 Å². The van der Waals surface area contributed by atoms with Crippen LogP contribution in [0.1, 0.15) is 63.2 Å². The Morgan fingerprint density at radius 2 is 1.71 bits per heavy atom. The molecule has 0 unspecified atom stereocenters. The van der Waals surface area contributed by atoms with Crippen molar-refractivity contribution in [1.29, 1.82) is 0 Å². The molecule has 144 valence electrons. The molecule has 2 aliphatic rings. The van der Waals surface area contributed by atoms with Crippen LogP contribution in [0.4, 0.5) is 10.1 Å². The number of carbonyl (C=O) groups excluding carboxylic acids is 3. The van der Waals surface area contributed by atoms with Crippen molar-refractivity contribution in [2.45, 2.75) is 38.1 Å².